The summed E-state index contributed by atoms with van der Waals surface area (Å²) in [5.74, 6) is 0.929. The van der Waals surface area contributed by atoms with Gasteiger partial charge in [-0.25, -0.2) is 0 Å². The van der Waals surface area contributed by atoms with E-state index in [2.05, 4.69) is 0 Å². The first-order valence-corrected chi connectivity index (χ1v) is 6.21. The van der Waals surface area contributed by atoms with Gasteiger partial charge in [0.05, 0.1) is 6.61 Å². The topological polar surface area (TPSA) is 40.5 Å². The number of aliphatic hydroxyl groups excluding tert-OH is 1. The second-order valence-electron chi connectivity index (χ2n) is 4.90. The van der Waals surface area contributed by atoms with Crippen molar-refractivity contribution < 1.29 is 9.90 Å². The molecule has 3 heteroatoms. The fraction of sp³-hybridized carbons (Fsp3) is 0.917. The van der Waals surface area contributed by atoms with Gasteiger partial charge in [0.1, 0.15) is 0 Å². The minimum absolute atomic E-state index is 0.104. The number of carbonyl (C=O) groups is 1. The van der Waals surface area contributed by atoms with Gasteiger partial charge in [-0.05, 0) is 31.6 Å². The van der Waals surface area contributed by atoms with E-state index in [0.29, 0.717) is 18.5 Å². The van der Waals surface area contributed by atoms with E-state index in [1.807, 2.05) is 4.90 Å². The summed E-state index contributed by atoms with van der Waals surface area (Å²) in [5, 5.41) is 9.00. The average Bonchev–Trinajstić information content (AvgIpc) is 2.87. The van der Waals surface area contributed by atoms with Crippen LogP contribution in [0.15, 0.2) is 0 Å². The zero-order chi connectivity index (χ0) is 10.7. The Balaban J connectivity index is 1.87. The molecule has 1 N–H and O–H groups in total. The largest absolute Gasteiger partial charge is 0.395 e. The molecule has 0 aromatic carbocycles. The molecule has 0 aliphatic heterocycles. The van der Waals surface area contributed by atoms with Crippen LogP contribution in [0.25, 0.3) is 0 Å². The highest BCUT2D eigenvalue weighted by molar-refractivity contribution is 5.77. The van der Waals surface area contributed by atoms with E-state index >= 15 is 0 Å². The van der Waals surface area contributed by atoms with Crippen molar-refractivity contribution in [1.82, 2.24) is 4.90 Å². The van der Waals surface area contributed by atoms with Gasteiger partial charge in [0, 0.05) is 19.0 Å². The van der Waals surface area contributed by atoms with Crippen molar-refractivity contribution in [2.24, 2.45) is 5.92 Å². The molecule has 2 fully saturated rings. The number of aliphatic hydroxyl groups is 1. The number of rotatable bonds is 5. The lowest BCUT2D eigenvalue weighted by molar-refractivity contribution is -0.134. The van der Waals surface area contributed by atoms with Crippen molar-refractivity contribution in [3.05, 3.63) is 0 Å². The van der Waals surface area contributed by atoms with Crippen LogP contribution in [-0.4, -0.2) is 35.1 Å². The SMILES string of the molecule is O=C(CC1CC1)N(CCO)C1CCCC1. The summed E-state index contributed by atoms with van der Waals surface area (Å²) < 4.78 is 0. The van der Waals surface area contributed by atoms with Crippen molar-refractivity contribution >= 4 is 5.91 Å². The van der Waals surface area contributed by atoms with Crippen LogP contribution in [0.2, 0.25) is 0 Å². The van der Waals surface area contributed by atoms with Gasteiger partial charge in [-0.2, -0.15) is 0 Å². The number of carbonyl (C=O) groups excluding carboxylic acids is 1. The third-order valence-electron chi connectivity index (χ3n) is 3.59. The molecule has 0 unspecified atom stereocenters. The Hall–Kier alpha value is -0.570. The summed E-state index contributed by atoms with van der Waals surface area (Å²) in [5.41, 5.74) is 0. The Morgan fingerprint density at radius 2 is 1.87 bits per heavy atom. The molecule has 2 aliphatic carbocycles. The predicted molar refractivity (Wildman–Crippen MR) is 58.4 cm³/mol. The first kappa shape index (κ1) is 10.9. The van der Waals surface area contributed by atoms with Gasteiger partial charge in [-0.15, -0.1) is 0 Å². The van der Waals surface area contributed by atoms with Crippen molar-refractivity contribution in [2.75, 3.05) is 13.2 Å². The highest BCUT2D eigenvalue weighted by atomic mass is 16.3. The number of hydrogen-bond acceptors (Lipinski definition) is 2. The number of hydrogen-bond donors (Lipinski definition) is 1. The molecule has 86 valence electrons. The number of nitrogens with zero attached hydrogens (tertiary/aromatic N) is 1. The van der Waals surface area contributed by atoms with Gasteiger partial charge in [0.25, 0.3) is 0 Å². The molecule has 0 spiro atoms. The maximum atomic E-state index is 12.0. The summed E-state index contributed by atoms with van der Waals surface area (Å²) in [6.07, 6.45) is 7.92. The number of amides is 1. The zero-order valence-electron chi connectivity index (χ0n) is 9.32. The van der Waals surface area contributed by atoms with Gasteiger partial charge in [-0.3, -0.25) is 4.79 Å². The molecule has 2 aliphatic rings. The zero-order valence-corrected chi connectivity index (χ0v) is 9.32. The van der Waals surface area contributed by atoms with E-state index in [1.165, 1.54) is 25.7 Å². The van der Waals surface area contributed by atoms with E-state index in [1.54, 1.807) is 0 Å². The summed E-state index contributed by atoms with van der Waals surface area (Å²) in [6, 6.07) is 0.420. The molecular weight excluding hydrogens is 190 g/mol. The maximum absolute atomic E-state index is 12.0. The summed E-state index contributed by atoms with van der Waals surface area (Å²) in [6.45, 7) is 0.642. The molecule has 0 radical (unpaired) electrons. The summed E-state index contributed by atoms with van der Waals surface area (Å²) in [4.78, 5) is 13.9. The van der Waals surface area contributed by atoms with E-state index in [0.717, 1.165) is 19.3 Å². The van der Waals surface area contributed by atoms with Crippen LogP contribution in [-0.2, 0) is 4.79 Å². The fourth-order valence-electron chi connectivity index (χ4n) is 2.52. The van der Waals surface area contributed by atoms with E-state index in [-0.39, 0.29) is 12.5 Å². The first-order valence-electron chi connectivity index (χ1n) is 6.21. The van der Waals surface area contributed by atoms with Crippen LogP contribution < -0.4 is 0 Å². The van der Waals surface area contributed by atoms with Crippen LogP contribution in [0.3, 0.4) is 0 Å². The van der Waals surface area contributed by atoms with Crippen molar-refractivity contribution in [1.29, 1.82) is 0 Å². The van der Waals surface area contributed by atoms with E-state index in [9.17, 15) is 4.79 Å². The molecule has 0 atom stereocenters. The Morgan fingerprint density at radius 3 is 2.40 bits per heavy atom. The van der Waals surface area contributed by atoms with Crippen LogP contribution in [0.4, 0.5) is 0 Å². The van der Waals surface area contributed by atoms with Gasteiger partial charge >= 0.3 is 0 Å². The third kappa shape index (κ3) is 2.94. The van der Waals surface area contributed by atoms with Gasteiger partial charge in [0.2, 0.25) is 5.91 Å². The minimum Gasteiger partial charge on any atom is -0.395 e. The molecule has 0 aromatic heterocycles. The van der Waals surface area contributed by atoms with Crippen LogP contribution >= 0.6 is 0 Å². The standard InChI is InChI=1S/C12H21NO2/c14-8-7-13(11-3-1-2-4-11)12(15)9-10-5-6-10/h10-11,14H,1-9H2. The quantitative estimate of drug-likeness (QED) is 0.749. The Morgan fingerprint density at radius 1 is 1.20 bits per heavy atom. The fourth-order valence-corrected chi connectivity index (χ4v) is 2.52. The molecule has 0 saturated heterocycles. The Bertz CT molecular complexity index is 220. The normalized spacial score (nSPS) is 21.9. The molecular formula is C12H21NO2. The first-order chi connectivity index (χ1) is 7.31. The van der Waals surface area contributed by atoms with Gasteiger partial charge in [0.15, 0.2) is 0 Å². The molecule has 3 nitrogen and oxygen atoms in total. The van der Waals surface area contributed by atoms with Crippen molar-refractivity contribution in [3.63, 3.8) is 0 Å². The average molecular weight is 211 g/mol. The second-order valence-corrected chi connectivity index (χ2v) is 4.90. The second kappa shape index (κ2) is 4.97. The van der Waals surface area contributed by atoms with Crippen LogP contribution in [0.1, 0.15) is 44.9 Å². The van der Waals surface area contributed by atoms with Gasteiger partial charge < -0.3 is 10.0 Å². The maximum Gasteiger partial charge on any atom is 0.223 e. The van der Waals surface area contributed by atoms with Crippen molar-refractivity contribution in [3.8, 4) is 0 Å². The molecule has 0 aromatic rings. The molecule has 2 rings (SSSR count). The van der Waals surface area contributed by atoms with Crippen LogP contribution in [0.5, 0.6) is 0 Å². The van der Waals surface area contributed by atoms with Crippen LogP contribution in [0, 0.1) is 5.92 Å². The predicted octanol–water partition coefficient (Wildman–Crippen LogP) is 1.55. The lowest BCUT2D eigenvalue weighted by atomic mass is 10.1. The molecule has 0 bridgehead atoms. The molecule has 15 heavy (non-hydrogen) atoms. The highest BCUT2D eigenvalue weighted by Gasteiger charge is 2.30. The highest BCUT2D eigenvalue weighted by Crippen LogP contribution is 2.34. The van der Waals surface area contributed by atoms with E-state index in [4.69, 9.17) is 5.11 Å². The monoisotopic (exact) mass is 211 g/mol. The smallest absolute Gasteiger partial charge is 0.223 e. The molecule has 2 saturated carbocycles. The van der Waals surface area contributed by atoms with E-state index < -0.39 is 0 Å². The lowest BCUT2D eigenvalue weighted by Gasteiger charge is -2.28. The summed E-state index contributed by atoms with van der Waals surface area (Å²) >= 11 is 0. The Kier molecular flexibility index (Phi) is 3.62. The summed E-state index contributed by atoms with van der Waals surface area (Å²) in [7, 11) is 0. The van der Waals surface area contributed by atoms with Crippen molar-refractivity contribution in [2.45, 2.75) is 51.0 Å². The Labute approximate surface area is 91.5 Å². The lowest BCUT2D eigenvalue weighted by Crippen LogP contribution is -2.40. The minimum atomic E-state index is 0.104. The van der Waals surface area contributed by atoms with Gasteiger partial charge in [-0.1, -0.05) is 12.8 Å². The molecule has 0 heterocycles. The molecule has 1 amide bonds. The third-order valence-corrected chi connectivity index (χ3v) is 3.59.